The van der Waals surface area contributed by atoms with Crippen molar-refractivity contribution in [2.24, 2.45) is 0 Å². The van der Waals surface area contributed by atoms with Gasteiger partial charge < -0.3 is 4.74 Å². The molecule has 0 bridgehead atoms. The quantitative estimate of drug-likeness (QED) is 0.810. The zero-order valence-corrected chi connectivity index (χ0v) is 14.1. The average molecular weight is 410 g/mol. The smallest absolute Gasteiger partial charge is 0.403 e. The summed E-state index contributed by atoms with van der Waals surface area (Å²) in [7, 11) is -4.04. The van der Waals surface area contributed by atoms with Crippen molar-refractivity contribution in [2.45, 2.75) is 18.2 Å². The molecular formula is C14H11BrF3NO3S. The van der Waals surface area contributed by atoms with E-state index in [1.54, 1.807) is 19.1 Å². The zero-order chi connectivity index (χ0) is 17.3. The normalized spacial score (nSPS) is 12.0. The van der Waals surface area contributed by atoms with Crippen LogP contribution in [0.15, 0.2) is 51.8 Å². The molecule has 2 aromatic carbocycles. The molecule has 0 aliphatic heterocycles. The van der Waals surface area contributed by atoms with Gasteiger partial charge in [-0.3, -0.25) is 4.72 Å². The van der Waals surface area contributed by atoms with Crippen LogP contribution in [0.1, 0.15) is 5.56 Å². The average Bonchev–Trinajstić information content (AvgIpc) is 2.40. The summed E-state index contributed by atoms with van der Waals surface area (Å²) in [4.78, 5) is -0.0571. The lowest BCUT2D eigenvalue weighted by atomic mass is 10.2. The minimum atomic E-state index is -4.94. The molecule has 0 saturated carbocycles. The van der Waals surface area contributed by atoms with Crippen molar-refractivity contribution in [2.75, 3.05) is 4.72 Å². The van der Waals surface area contributed by atoms with Gasteiger partial charge in [0.15, 0.2) is 5.75 Å². The maximum atomic E-state index is 12.4. The van der Waals surface area contributed by atoms with Gasteiger partial charge >= 0.3 is 6.36 Å². The lowest BCUT2D eigenvalue weighted by molar-refractivity contribution is -0.274. The van der Waals surface area contributed by atoms with Gasteiger partial charge in [0.05, 0.1) is 10.6 Å². The number of anilines is 1. The molecule has 0 radical (unpaired) electrons. The second-order valence-corrected chi connectivity index (χ2v) is 7.21. The molecule has 0 aromatic heterocycles. The van der Waals surface area contributed by atoms with E-state index in [0.717, 1.165) is 6.07 Å². The number of sulfonamides is 1. The maximum Gasteiger partial charge on any atom is 0.573 e. The first-order valence-electron chi connectivity index (χ1n) is 6.22. The summed E-state index contributed by atoms with van der Waals surface area (Å²) in [6, 6.07) is 9.61. The summed E-state index contributed by atoms with van der Waals surface area (Å²) < 4.78 is 68.2. The third-order valence-electron chi connectivity index (χ3n) is 2.71. The molecule has 0 aliphatic carbocycles. The number of aryl methyl sites for hydroxylation is 1. The van der Waals surface area contributed by atoms with Crippen LogP contribution in [0.4, 0.5) is 18.9 Å². The molecule has 1 N–H and O–H groups in total. The first kappa shape index (κ1) is 17.6. The van der Waals surface area contributed by atoms with E-state index in [1.807, 2.05) is 0 Å². The number of benzene rings is 2. The van der Waals surface area contributed by atoms with Crippen LogP contribution in [-0.4, -0.2) is 14.8 Å². The van der Waals surface area contributed by atoms with Gasteiger partial charge in [0.25, 0.3) is 10.0 Å². The van der Waals surface area contributed by atoms with Crippen molar-refractivity contribution < 1.29 is 26.3 Å². The molecule has 0 heterocycles. The van der Waals surface area contributed by atoms with Gasteiger partial charge in [-0.05, 0) is 42.8 Å². The summed E-state index contributed by atoms with van der Waals surface area (Å²) in [6.45, 7) is 1.71. The van der Waals surface area contributed by atoms with E-state index < -0.39 is 22.1 Å². The molecule has 23 heavy (non-hydrogen) atoms. The molecule has 2 aromatic rings. The lowest BCUT2D eigenvalue weighted by Crippen LogP contribution is -2.20. The number of halogens is 4. The Kier molecular flexibility index (Phi) is 4.90. The van der Waals surface area contributed by atoms with Crippen LogP contribution in [0.5, 0.6) is 5.75 Å². The molecule has 0 fully saturated rings. The van der Waals surface area contributed by atoms with Crippen LogP contribution in [-0.2, 0) is 10.0 Å². The minimum absolute atomic E-state index is 0.0571. The van der Waals surface area contributed by atoms with Crippen LogP contribution < -0.4 is 9.46 Å². The Hall–Kier alpha value is -1.74. The van der Waals surface area contributed by atoms with Gasteiger partial charge in [-0.25, -0.2) is 8.42 Å². The third kappa shape index (κ3) is 4.87. The third-order valence-corrected chi connectivity index (χ3v) is 4.57. The van der Waals surface area contributed by atoms with E-state index in [-0.39, 0.29) is 10.6 Å². The van der Waals surface area contributed by atoms with Crippen molar-refractivity contribution in [3.8, 4) is 5.75 Å². The molecule has 0 spiro atoms. The maximum absolute atomic E-state index is 12.4. The van der Waals surface area contributed by atoms with Gasteiger partial charge in [0.1, 0.15) is 0 Å². The molecule has 0 saturated heterocycles. The van der Waals surface area contributed by atoms with E-state index in [4.69, 9.17) is 0 Å². The van der Waals surface area contributed by atoms with Crippen LogP contribution >= 0.6 is 15.9 Å². The van der Waals surface area contributed by atoms with Crippen molar-refractivity contribution in [3.63, 3.8) is 0 Å². The van der Waals surface area contributed by atoms with E-state index in [0.29, 0.717) is 10.0 Å². The van der Waals surface area contributed by atoms with Gasteiger partial charge in [-0.15, -0.1) is 13.2 Å². The fourth-order valence-electron chi connectivity index (χ4n) is 1.78. The number of hydrogen-bond acceptors (Lipinski definition) is 3. The van der Waals surface area contributed by atoms with Gasteiger partial charge in [-0.1, -0.05) is 28.1 Å². The predicted molar refractivity (Wildman–Crippen MR) is 82.8 cm³/mol. The molecular weight excluding hydrogens is 399 g/mol. The van der Waals surface area contributed by atoms with Gasteiger partial charge in [0, 0.05) is 4.47 Å². The molecule has 124 valence electrons. The van der Waals surface area contributed by atoms with Crippen LogP contribution in [0.25, 0.3) is 0 Å². The monoisotopic (exact) mass is 409 g/mol. The predicted octanol–water partition coefficient (Wildman–Crippen LogP) is 4.46. The fourth-order valence-corrected chi connectivity index (χ4v) is 3.29. The summed E-state index contributed by atoms with van der Waals surface area (Å²) in [5.41, 5.74) is 0.391. The molecule has 4 nitrogen and oxygen atoms in total. The minimum Gasteiger partial charge on any atom is -0.403 e. The number of alkyl halides is 3. The van der Waals surface area contributed by atoms with Crippen molar-refractivity contribution in [1.29, 1.82) is 0 Å². The summed E-state index contributed by atoms with van der Waals surface area (Å²) in [5.74, 6) is -0.650. The molecule has 0 amide bonds. The van der Waals surface area contributed by atoms with Crippen LogP contribution in [0, 0.1) is 6.92 Å². The Balaban J connectivity index is 2.39. The SMILES string of the molecule is Cc1cccc(S(=O)(=O)Nc2ccc(Br)cc2OC(F)(F)F)c1. The molecule has 0 aliphatic rings. The standard InChI is InChI=1S/C14H11BrF3NO3S/c1-9-3-2-4-11(7-9)23(20,21)19-12-6-5-10(15)8-13(12)22-14(16,17)18/h2-8,19H,1H3. The number of nitrogens with one attached hydrogen (secondary N) is 1. The highest BCUT2D eigenvalue weighted by Gasteiger charge is 2.32. The Labute approximate surface area is 139 Å². The Morgan fingerprint density at radius 3 is 2.43 bits per heavy atom. The number of hydrogen-bond donors (Lipinski definition) is 1. The summed E-state index contributed by atoms with van der Waals surface area (Å²) >= 11 is 3.01. The highest BCUT2D eigenvalue weighted by Crippen LogP contribution is 2.34. The first-order chi connectivity index (χ1) is 10.6. The molecule has 9 heteroatoms. The summed E-state index contributed by atoms with van der Waals surface area (Å²) in [6.07, 6.45) is -4.94. The van der Waals surface area contributed by atoms with E-state index in [1.165, 1.54) is 24.3 Å². The Morgan fingerprint density at radius 2 is 1.83 bits per heavy atom. The van der Waals surface area contributed by atoms with Crippen molar-refractivity contribution >= 4 is 31.6 Å². The lowest BCUT2D eigenvalue weighted by Gasteiger charge is -2.15. The van der Waals surface area contributed by atoms with Gasteiger partial charge in [0.2, 0.25) is 0 Å². The molecule has 0 unspecified atom stereocenters. The Bertz CT molecular complexity index is 822. The van der Waals surface area contributed by atoms with Crippen LogP contribution in [0.2, 0.25) is 0 Å². The largest absolute Gasteiger partial charge is 0.573 e. The topological polar surface area (TPSA) is 55.4 Å². The zero-order valence-electron chi connectivity index (χ0n) is 11.7. The molecule has 0 atom stereocenters. The van der Waals surface area contributed by atoms with Crippen molar-refractivity contribution in [3.05, 3.63) is 52.5 Å². The second kappa shape index (κ2) is 6.40. The van der Waals surface area contributed by atoms with E-state index in [9.17, 15) is 21.6 Å². The number of rotatable bonds is 4. The summed E-state index contributed by atoms with van der Waals surface area (Å²) in [5, 5.41) is 0. The second-order valence-electron chi connectivity index (χ2n) is 4.61. The fraction of sp³-hybridized carbons (Fsp3) is 0.143. The number of ether oxygens (including phenoxy) is 1. The molecule has 2 rings (SSSR count). The van der Waals surface area contributed by atoms with Gasteiger partial charge in [-0.2, -0.15) is 0 Å². The first-order valence-corrected chi connectivity index (χ1v) is 8.49. The Morgan fingerprint density at radius 1 is 1.13 bits per heavy atom. The highest BCUT2D eigenvalue weighted by atomic mass is 79.9. The van der Waals surface area contributed by atoms with Crippen molar-refractivity contribution in [1.82, 2.24) is 0 Å². The van der Waals surface area contributed by atoms with Crippen LogP contribution in [0.3, 0.4) is 0 Å². The van der Waals surface area contributed by atoms with E-state index >= 15 is 0 Å². The highest BCUT2D eigenvalue weighted by molar-refractivity contribution is 9.10. The van der Waals surface area contributed by atoms with E-state index in [2.05, 4.69) is 25.4 Å².